The van der Waals surface area contributed by atoms with E-state index in [-0.39, 0.29) is 5.91 Å². The quantitative estimate of drug-likeness (QED) is 0.824. The summed E-state index contributed by atoms with van der Waals surface area (Å²) in [4.78, 5) is 18.6. The first-order chi connectivity index (χ1) is 10.5. The molecular weight excluding hydrogens is 278 g/mol. The maximum atomic E-state index is 12.8. The van der Waals surface area contributed by atoms with Crippen molar-refractivity contribution >= 4 is 5.91 Å². The van der Waals surface area contributed by atoms with Crippen LogP contribution >= 0.6 is 0 Å². The summed E-state index contributed by atoms with van der Waals surface area (Å²) < 4.78 is 7.00. The van der Waals surface area contributed by atoms with Crippen molar-refractivity contribution in [2.75, 3.05) is 13.7 Å². The number of amides is 1. The second-order valence-electron chi connectivity index (χ2n) is 5.82. The number of aryl methyl sites for hydroxylation is 1. The number of ether oxygens (including phenoxy) is 1. The van der Waals surface area contributed by atoms with Crippen LogP contribution in [0.2, 0.25) is 0 Å². The van der Waals surface area contributed by atoms with Gasteiger partial charge in [-0.2, -0.15) is 0 Å². The van der Waals surface area contributed by atoms with Gasteiger partial charge in [0.2, 0.25) is 0 Å². The molecule has 0 aliphatic carbocycles. The zero-order valence-corrected chi connectivity index (χ0v) is 13.6. The Balaban J connectivity index is 2.22. The smallest absolute Gasteiger partial charge is 0.272 e. The third kappa shape index (κ3) is 3.87. The van der Waals surface area contributed by atoms with E-state index in [1.807, 2.05) is 36.2 Å². The van der Waals surface area contributed by atoms with Gasteiger partial charge in [0.25, 0.3) is 5.91 Å². The Morgan fingerprint density at radius 1 is 1.41 bits per heavy atom. The summed E-state index contributed by atoms with van der Waals surface area (Å²) in [5, 5.41) is 0. The minimum atomic E-state index is -0.00322. The number of methoxy groups -OCH3 is 1. The first-order valence-corrected chi connectivity index (χ1v) is 7.39. The fourth-order valence-corrected chi connectivity index (χ4v) is 2.38. The fourth-order valence-electron chi connectivity index (χ4n) is 2.38. The van der Waals surface area contributed by atoms with Crippen LogP contribution in [0.25, 0.3) is 0 Å². The van der Waals surface area contributed by atoms with Crippen LogP contribution in [0.4, 0.5) is 0 Å². The van der Waals surface area contributed by atoms with E-state index in [4.69, 9.17) is 4.74 Å². The predicted molar refractivity (Wildman–Crippen MR) is 85.8 cm³/mol. The first kappa shape index (κ1) is 16.1. The average Bonchev–Trinajstić information content (AvgIpc) is 2.91. The molecule has 2 rings (SSSR count). The highest BCUT2D eigenvalue weighted by Gasteiger charge is 2.20. The molecule has 0 aliphatic rings. The van der Waals surface area contributed by atoms with Crippen LogP contribution in [0, 0.1) is 5.92 Å². The maximum Gasteiger partial charge on any atom is 0.272 e. The van der Waals surface area contributed by atoms with Gasteiger partial charge in [-0.25, -0.2) is 4.98 Å². The van der Waals surface area contributed by atoms with Crippen molar-refractivity contribution in [1.82, 2.24) is 14.5 Å². The molecule has 1 amide bonds. The van der Waals surface area contributed by atoms with Gasteiger partial charge in [-0.3, -0.25) is 4.79 Å². The molecule has 0 bridgehead atoms. The Labute approximate surface area is 131 Å². The van der Waals surface area contributed by atoms with Crippen molar-refractivity contribution in [3.63, 3.8) is 0 Å². The number of aromatic nitrogens is 2. The molecule has 1 aromatic heterocycles. The Morgan fingerprint density at radius 2 is 2.18 bits per heavy atom. The minimum Gasteiger partial charge on any atom is -0.497 e. The van der Waals surface area contributed by atoms with Gasteiger partial charge in [0, 0.05) is 20.1 Å². The van der Waals surface area contributed by atoms with Gasteiger partial charge < -0.3 is 14.2 Å². The molecule has 1 heterocycles. The van der Waals surface area contributed by atoms with E-state index in [1.165, 1.54) is 0 Å². The highest BCUT2D eigenvalue weighted by atomic mass is 16.5. The summed E-state index contributed by atoms with van der Waals surface area (Å²) in [7, 11) is 3.48. The molecule has 0 spiro atoms. The normalized spacial score (nSPS) is 10.8. The molecule has 5 nitrogen and oxygen atoms in total. The standard InChI is InChI=1S/C17H23N3O2/c1-13(2)10-20(17(21)16-9-18-12-19(16)3)11-14-6-5-7-15(8-14)22-4/h5-9,12-13H,10-11H2,1-4H3. The van der Waals surface area contributed by atoms with E-state index in [0.717, 1.165) is 11.3 Å². The van der Waals surface area contributed by atoms with Gasteiger partial charge in [-0.05, 0) is 23.6 Å². The monoisotopic (exact) mass is 301 g/mol. The van der Waals surface area contributed by atoms with Crippen LogP contribution in [-0.2, 0) is 13.6 Å². The Kier molecular flexibility index (Phi) is 5.20. The number of carbonyl (C=O) groups excluding carboxylic acids is 1. The molecule has 0 saturated heterocycles. The number of rotatable bonds is 6. The molecule has 0 N–H and O–H groups in total. The van der Waals surface area contributed by atoms with Crippen molar-refractivity contribution in [3.05, 3.63) is 48.0 Å². The highest BCUT2D eigenvalue weighted by molar-refractivity contribution is 5.92. The van der Waals surface area contributed by atoms with E-state index >= 15 is 0 Å². The van der Waals surface area contributed by atoms with Crippen LogP contribution in [-0.4, -0.2) is 34.0 Å². The van der Waals surface area contributed by atoms with Crippen molar-refractivity contribution in [1.29, 1.82) is 0 Å². The van der Waals surface area contributed by atoms with Gasteiger partial charge in [0.05, 0.1) is 19.6 Å². The average molecular weight is 301 g/mol. The lowest BCUT2D eigenvalue weighted by atomic mass is 10.1. The summed E-state index contributed by atoms with van der Waals surface area (Å²) in [6.07, 6.45) is 3.26. The second-order valence-corrected chi connectivity index (χ2v) is 5.82. The van der Waals surface area contributed by atoms with Crippen molar-refractivity contribution in [3.8, 4) is 5.75 Å². The summed E-state index contributed by atoms with van der Waals surface area (Å²) in [5.41, 5.74) is 1.65. The lowest BCUT2D eigenvalue weighted by Gasteiger charge is -2.25. The molecule has 1 aromatic carbocycles. The molecule has 0 unspecified atom stereocenters. The van der Waals surface area contributed by atoms with Crippen LogP contribution in [0.1, 0.15) is 29.9 Å². The predicted octanol–water partition coefficient (Wildman–Crippen LogP) is 2.73. The molecule has 0 aliphatic heterocycles. The lowest BCUT2D eigenvalue weighted by molar-refractivity contribution is 0.0712. The summed E-state index contributed by atoms with van der Waals surface area (Å²) in [6, 6.07) is 7.81. The lowest BCUT2D eigenvalue weighted by Crippen LogP contribution is -2.34. The Bertz CT molecular complexity index is 634. The van der Waals surface area contributed by atoms with Gasteiger partial charge in [-0.15, -0.1) is 0 Å². The van der Waals surface area contributed by atoms with Crippen molar-refractivity contribution < 1.29 is 9.53 Å². The Morgan fingerprint density at radius 3 is 2.77 bits per heavy atom. The third-order valence-corrected chi connectivity index (χ3v) is 3.42. The van der Waals surface area contributed by atoms with Crippen LogP contribution in [0.5, 0.6) is 5.75 Å². The van der Waals surface area contributed by atoms with Crippen molar-refractivity contribution in [2.24, 2.45) is 13.0 Å². The van der Waals surface area contributed by atoms with Crippen LogP contribution < -0.4 is 4.74 Å². The maximum absolute atomic E-state index is 12.8. The number of nitrogens with zero attached hydrogens (tertiary/aromatic N) is 3. The molecule has 0 atom stereocenters. The molecule has 0 fully saturated rings. The first-order valence-electron chi connectivity index (χ1n) is 7.39. The SMILES string of the molecule is COc1cccc(CN(CC(C)C)C(=O)c2cncn2C)c1. The number of hydrogen-bond acceptors (Lipinski definition) is 3. The second kappa shape index (κ2) is 7.11. The zero-order valence-electron chi connectivity index (χ0n) is 13.6. The molecule has 118 valence electrons. The highest BCUT2D eigenvalue weighted by Crippen LogP contribution is 2.16. The molecule has 0 saturated carbocycles. The molecular formula is C17H23N3O2. The van der Waals surface area contributed by atoms with Gasteiger partial charge in [-0.1, -0.05) is 26.0 Å². The molecule has 22 heavy (non-hydrogen) atoms. The molecule has 0 radical (unpaired) electrons. The molecule has 2 aromatic rings. The number of carbonyl (C=O) groups is 1. The summed E-state index contributed by atoms with van der Waals surface area (Å²) in [6.45, 7) is 5.46. The summed E-state index contributed by atoms with van der Waals surface area (Å²) >= 11 is 0. The zero-order chi connectivity index (χ0) is 16.1. The van der Waals surface area contributed by atoms with E-state index in [2.05, 4.69) is 18.8 Å². The Hall–Kier alpha value is -2.30. The number of imidazole rings is 1. The number of benzene rings is 1. The van der Waals surface area contributed by atoms with Crippen LogP contribution in [0.3, 0.4) is 0 Å². The van der Waals surface area contributed by atoms with Gasteiger partial charge >= 0.3 is 0 Å². The minimum absolute atomic E-state index is 0.00322. The van der Waals surface area contributed by atoms with Crippen LogP contribution in [0.15, 0.2) is 36.8 Å². The van der Waals surface area contributed by atoms with E-state index in [1.54, 1.807) is 24.2 Å². The fraction of sp³-hybridized carbons (Fsp3) is 0.412. The van der Waals surface area contributed by atoms with Gasteiger partial charge in [0.1, 0.15) is 11.4 Å². The molecule has 5 heteroatoms. The van der Waals surface area contributed by atoms with E-state index < -0.39 is 0 Å². The topological polar surface area (TPSA) is 47.4 Å². The van der Waals surface area contributed by atoms with E-state index in [0.29, 0.717) is 24.7 Å². The number of hydrogen-bond donors (Lipinski definition) is 0. The third-order valence-electron chi connectivity index (χ3n) is 3.42. The largest absolute Gasteiger partial charge is 0.497 e. The summed E-state index contributed by atoms with van der Waals surface area (Å²) in [5.74, 6) is 1.19. The van der Waals surface area contributed by atoms with E-state index in [9.17, 15) is 4.79 Å². The van der Waals surface area contributed by atoms with Gasteiger partial charge in [0.15, 0.2) is 0 Å². The van der Waals surface area contributed by atoms with Crippen molar-refractivity contribution in [2.45, 2.75) is 20.4 Å².